The standard InChI is InChI=1S/C12H18BrNO/c1-9(2)5-4-8-15-12-11(13)7-6-10(3)14-12/h6-7,9H,4-5,8H2,1-3H3. The van der Waals surface area contributed by atoms with Crippen molar-refractivity contribution in [2.75, 3.05) is 6.61 Å². The van der Waals surface area contributed by atoms with Gasteiger partial charge in [0.15, 0.2) is 0 Å². The largest absolute Gasteiger partial charge is 0.477 e. The Balaban J connectivity index is 2.40. The van der Waals surface area contributed by atoms with Crippen LogP contribution >= 0.6 is 15.9 Å². The van der Waals surface area contributed by atoms with E-state index in [1.807, 2.05) is 19.1 Å². The Bertz CT molecular complexity index is 312. The van der Waals surface area contributed by atoms with Crippen molar-refractivity contribution in [3.63, 3.8) is 0 Å². The molecule has 0 aromatic carbocycles. The summed E-state index contributed by atoms with van der Waals surface area (Å²) in [5, 5.41) is 0. The summed E-state index contributed by atoms with van der Waals surface area (Å²) in [5.74, 6) is 1.45. The minimum Gasteiger partial charge on any atom is -0.477 e. The summed E-state index contributed by atoms with van der Waals surface area (Å²) in [4.78, 5) is 4.32. The molecular weight excluding hydrogens is 254 g/mol. The lowest BCUT2D eigenvalue weighted by Gasteiger charge is -2.08. The quantitative estimate of drug-likeness (QED) is 0.757. The predicted molar refractivity (Wildman–Crippen MR) is 66.2 cm³/mol. The lowest BCUT2D eigenvalue weighted by atomic mass is 10.1. The number of rotatable bonds is 5. The van der Waals surface area contributed by atoms with Gasteiger partial charge in [-0.3, -0.25) is 0 Å². The highest BCUT2D eigenvalue weighted by molar-refractivity contribution is 9.10. The summed E-state index contributed by atoms with van der Waals surface area (Å²) >= 11 is 3.42. The summed E-state index contributed by atoms with van der Waals surface area (Å²) in [5.41, 5.74) is 0.983. The smallest absolute Gasteiger partial charge is 0.228 e. The van der Waals surface area contributed by atoms with Gasteiger partial charge in [0, 0.05) is 5.69 Å². The number of nitrogens with zero attached hydrogens (tertiary/aromatic N) is 1. The maximum absolute atomic E-state index is 5.61. The second-order valence-electron chi connectivity index (χ2n) is 4.12. The third kappa shape index (κ3) is 4.65. The second kappa shape index (κ2) is 6.11. The first-order valence-electron chi connectivity index (χ1n) is 5.35. The van der Waals surface area contributed by atoms with Gasteiger partial charge in [-0.1, -0.05) is 13.8 Å². The Labute approximate surface area is 100 Å². The Morgan fingerprint density at radius 1 is 1.40 bits per heavy atom. The van der Waals surface area contributed by atoms with E-state index >= 15 is 0 Å². The van der Waals surface area contributed by atoms with Crippen molar-refractivity contribution in [2.45, 2.75) is 33.6 Å². The predicted octanol–water partition coefficient (Wildman–Crippen LogP) is 3.97. The highest BCUT2D eigenvalue weighted by Crippen LogP contribution is 2.22. The van der Waals surface area contributed by atoms with Gasteiger partial charge in [0.2, 0.25) is 5.88 Å². The molecule has 0 saturated heterocycles. The lowest BCUT2D eigenvalue weighted by Crippen LogP contribution is -2.02. The lowest BCUT2D eigenvalue weighted by molar-refractivity contribution is 0.285. The molecular formula is C12H18BrNO. The van der Waals surface area contributed by atoms with Crippen molar-refractivity contribution < 1.29 is 4.74 Å². The van der Waals surface area contributed by atoms with Gasteiger partial charge >= 0.3 is 0 Å². The molecule has 1 heterocycles. The average molecular weight is 272 g/mol. The first-order valence-corrected chi connectivity index (χ1v) is 6.15. The van der Waals surface area contributed by atoms with Gasteiger partial charge in [-0.15, -0.1) is 0 Å². The Hall–Kier alpha value is -0.570. The van der Waals surface area contributed by atoms with E-state index in [-0.39, 0.29) is 0 Å². The van der Waals surface area contributed by atoms with Crippen LogP contribution < -0.4 is 4.74 Å². The topological polar surface area (TPSA) is 22.1 Å². The van der Waals surface area contributed by atoms with Crippen molar-refractivity contribution in [3.05, 3.63) is 22.3 Å². The van der Waals surface area contributed by atoms with Crippen molar-refractivity contribution in [1.29, 1.82) is 0 Å². The first-order chi connectivity index (χ1) is 7.09. The third-order valence-electron chi connectivity index (χ3n) is 2.12. The summed E-state index contributed by atoms with van der Waals surface area (Å²) in [6.45, 7) is 7.16. The molecule has 84 valence electrons. The SMILES string of the molecule is Cc1ccc(Br)c(OCCCC(C)C)n1. The number of aromatic nitrogens is 1. The van der Waals surface area contributed by atoms with Crippen LogP contribution in [-0.2, 0) is 0 Å². The van der Waals surface area contributed by atoms with E-state index in [0.717, 1.165) is 29.1 Å². The molecule has 0 aliphatic heterocycles. The van der Waals surface area contributed by atoms with E-state index in [9.17, 15) is 0 Å². The van der Waals surface area contributed by atoms with Crippen LogP contribution in [0.15, 0.2) is 16.6 Å². The average Bonchev–Trinajstić information content (AvgIpc) is 2.17. The first kappa shape index (κ1) is 12.5. The van der Waals surface area contributed by atoms with Crippen LogP contribution in [0.1, 0.15) is 32.4 Å². The summed E-state index contributed by atoms with van der Waals surface area (Å²) in [6.07, 6.45) is 2.28. The van der Waals surface area contributed by atoms with Gasteiger partial charge in [-0.05, 0) is 53.7 Å². The van der Waals surface area contributed by atoms with Crippen LogP contribution in [0, 0.1) is 12.8 Å². The van der Waals surface area contributed by atoms with Crippen molar-refractivity contribution in [2.24, 2.45) is 5.92 Å². The fourth-order valence-electron chi connectivity index (χ4n) is 1.28. The Morgan fingerprint density at radius 2 is 2.13 bits per heavy atom. The second-order valence-corrected chi connectivity index (χ2v) is 4.98. The van der Waals surface area contributed by atoms with Crippen LogP contribution in [0.5, 0.6) is 5.88 Å². The molecule has 0 aliphatic rings. The molecule has 0 bridgehead atoms. The number of halogens is 1. The van der Waals surface area contributed by atoms with Crippen LogP contribution in [0.3, 0.4) is 0 Å². The van der Waals surface area contributed by atoms with Crippen molar-refractivity contribution in [1.82, 2.24) is 4.98 Å². The summed E-state index contributed by atoms with van der Waals surface area (Å²) in [7, 11) is 0. The van der Waals surface area contributed by atoms with E-state index in [4.69, 9.17) is 4.74 Å². The summed E-state index contributed by atoms with van der Waals surface area (Å²) in [6, 6.07) is 3.94. The van der Waals surface area contributed by atoms with Crippen LogP contribution in [0.4, 0.5) is 0 Å². The molecule has 1 aromatic rings. The zero-order chi connectivity index (χ0) is 11.3. The Kier molecular flexibility index (Phi) is 5.09. The number of aryl methyl sites for hydroxylation is 1. The van der Waals surface area contributed by atoms with Gasteiger partial charge in [-0.25, -0.2) is 4.98 Å². The van der Waals surface area contributed by atoms with Gasteiger partial charge in [0.25, 0.3) is 0 Å². The molecule has 1 rings (SSSR count). The normalized spacial score (nSPS) is 10.7. The third-order valence-corrected chi connectivity index (χ3v) is 2.72. The molecule has 0 unspecified atom stereocenters. The van der Waals surface area contributed by atoms with E-state index in [1.165, 1.54) is 6.42 Å². The molecule has 0 aliphatic carbocycles. The maximum atomic E-state index is 5.61. The highest BCUT2D eigenvalue weighted by Gasteiger charge is 2.03. The molecule has 0 radical (unpaired) electrons. The molecule has 15 heavy (non-hydrogen) atoms. The zero-order valence-corrected chi connectivity index (χ0v) is 11.2. The minimum atomic E-state index is 0.707. The van der Waals surface area contributed by atoms with Gasteiger partial charge in [0.1, 0.15) is 0 Å². The van der Waals surface area contributed by atoms with Gasteiger partial charge in [0.05, 0.1) is 11.1 Å². The fourth-order valence-corrected chi connectivity index (χ4v) is 1.61. The summed E-state index contributed by atoms with van der Waals surface area (Å²) < 4.78 is 6.54. The molecule has 0 amide bonds. The van der Waals surface area contributed by atoms with E-state index in [1.54, 1.807) is 0 Å². The highest BCUT2D eigenvalue weighted by atomic mass is 79.9. The molecule has 0 N–H and O–H groups in total. The van der Waals surface area contributed by atoms with Crippen LogP contribution in [0.25, 0.3) is 0 Å². The zero-order valence-electron chi connectivity index (χ0n) is 9.59. The number of pyridine rings is 1. The molecule has 2 nitrogen and oxygen atoms in total. The molecule has 0 atom stereocenters. The van der Waals surface area contributed by atoms with Crippen LogP contribution in [-0.4, -0.2) is 11.6 Å². The van der Waals surface area contributed by atoms with E-state index in [2.05, 4.69) is 34.8 Å². The monoisotopic (exact) mass is 271 g/mol. The number of hydrogen-bond acceptors (Lipinski definition) is 2. The van der Waals surface area contributed by atoms with Crippen LogP contribution in [0.2, 0.25) is 0 Å². The number of ether oxygens (including phenoxy) is 1. The molecule has 3 heteroatoms. The van der Waals surface area contributed by atoms with Gasteiger partial charge < -0.3 is 4.74 Å². The fraction of sp³-hybridized carbons (Fsp3) is 0.583. The number of hydrogen-bond donors (Lipinski definition) is 0. The maximum Gasteiger partial charge on any atom is 0.228 e. The van der Waals surface area contributed by atoms with Crippen molar-refractivity contribution >= 4 is 15.9 Å². The van der Waals surface area contributed by atoms with Gasteiger partial charge in [-0.2, -0.15) is 0 Å². The minimum absolute atomic E-state index is 0.707. The van der Waals surface area contributed by atoms with E-state index in [0.29, 0.717) is 5.88 Å². The molecule has 0 saturated carbocycles. The van der Waals surface area contributed by atoms with E-state index < -0.39 is 0 Å². The molecule has 1 aromatic heterocycles. The molecule has 0 fully saturated rings. The Morgan fingerprint density at radius 3 is 2.80 bits per heavy atom. The molecule has 0 spiro atoms. The van der Waals surface area contributed by atoms with Crippen molar-refractivity contribution in [3.8, 4) is 5.88 Å².